The molecule has 1 aliphatic heterocycles. The normalized spacial score (nSPS) is 11.5. The number of carbonyl (C=O) groups is 11. The molecule has 0 radical (unpaired) electrons. The lowest BCUT2D eigenvalue weighted by Crippen LogP contribution is -2.47. The van der Waals surface area contributed by atoms with Crippen molar-refractivity contribution in [3.8, 4) is 0 Å². The van der Waals surface area contributed by atoms with E-state index in [0.717, 1.165) is 64.4 Å². The lowest BCUT2D eigenvalue weighted by atomic mass is 10.1. The van der Waals surface area contributed by atoms with E-state index in [0.29, 0.717) is 45.1 Å². The minimum atomic E-state index is -1.10. The molecule has 0 aromatic heterocycles. The molecule has 1 unspecified atom stereocenters. The molecular weight excluding hydrogens is 1190 g/mol. The summed E-state index contributed by atoms with van der Waals surface area (Å²) in [6, 6.07) is 5.53. The number of thioether (sulfide) groups is 1. The summed E-state index contributed by atoms with van der Waals surface area (Å²) >= 11 is 1.63. The van der Waals surface area contributed by atoms with Gasteiger partial charge in [-0.2, -0.15) is 11.8 Å². The minimum absolute atomic E-state index is 0.00537. The van der Waals surface area contributed by atoms with Crippen LogP contribution >= 0.6 is 11.8 Å². The Hall–Kier alpha value is -6.86. The Kier molecular flexibility index (Phi) is 62.6. The molecule has 11 N–H and O–H groups in total. The number of nitrogens with zero attached hydrogens (tertiary/aromatic N) is 4. The Labute approximate surface area is 541 Å². The molecule has 1 atom stereocenters. The predicted octanol–water partition coefficient (Wildman–Crippen LogP) is 1.97. The first-order valence-electron chi connectivity index (χ1n) is 29.6. The fourth-order valence-corrected chi connectivity index (χ4v) is 6.48. The Morgan fingerprint density at radius 1 is 0.600 bits per heavy atom. The van der Waals surface area contributed by atoms with Crippen LogP contribution in [0.1, 0.15) is 127 Å². The average molecular weight is 1310 g/mol. The van der Waals surface area contributed by atoms with Crippen molar-refractivity contribution in [1.29, 1.82) is 0 Å². The molecule has 1 aliphatic rings. The van der Waals surface area contributed by atoms with Crippen molar-refractivity contribution >= 4 is 77.2 Å². The number of morpholine rings is 1. The third-order valence-electron chi connectivity index (χ3n) is 10.7. The lowest BCUT2D eigenvalue weighted by Gasteiger charge is -2.26. The second-order valence-electron chi connectivity index (χ2n) is 21.7. The summed E-state index contributed by atoms with van der Waals surface area (Å²) in [6.07, 6.45) is 7.18. The number of aliphatic hydroxyl groups is 1. The molecule has 1 saturated heterocycles. The maximum absolute atomic E-state index is 11.5. The molecule has 0 aliphatic carbocycles. The summed E-state index contributed by atoms with van der Waals surface area (Å²) in [5.74, 6) is -0.694. The van der Waals surface area contributed by atoms with Crippen molar-refractivity contribution < 1.29 is 77.2 Å². The largest absolute Gasteiger partial charge is 0.478 e. The Morgan fingerprint density at radius 3 is 1.41 bits per heavy atom. The van der Waals surface area contributed by atoms with Crippen LogP contribution in [0.2, 0.25) is 0 Å². The number of ether oxygens (including phenoxy) is 3. The van der Waals surface area contributed by atoms with Gasteiger partial charge in [0.1, 0.15) is 23.8 Å². The third kappa shape index (κ3) is 65.6. The van der Waals surface area contributed by atoms with E-state index in [-0.39, 0.29) is 65.6 Å². The molecule has 524 valence electrons. The second kappa shape index (κ2) is 59.7. The average Bonchev–Trinajstić information content (AvgIpc) is 2.23. The quantitative estimate of drug-likeness (QED) is 0.0705. The number of nitrogens with one attached hydrogen (secondary N) is 9. The molecule has 10 amide bonds. The number of carbonyl (C=O) groups excluding carboxylic acids is 10. The van der Waals surface area contributed by atoms with Crippen LogP contribution < -0.4 is 47.9 Å². The number of carboxylic acid groups (broad SMARTS) is 1. The minimum Gasteiger partial charge on any atom is -0.478 e. The molecule has 30 heteroatoms. The lowest BCUT2D eigenvalue weighted by molar-refractivity contribution is -0.123. The second-order valence-corrected chi connectivity index (χ2v) is 22.7. The number of aromatic carboxylic acids is 1. The molecule has 1 fully saturated rings. The highest BCUT2D eigenvalue weighted by atomic mass is 32.2. The molecule has 1 heterocycles. The highest BCUT2D eigenvalue weighted by Crippen LogP contribution is 2.11. The van der Waals surface area contributed by atoms with E-state index in [2.05, 4.69) is 57.7 Å². The van der Waals surface area contributed by atoms with Crippen LogP contribution in [0.5, 0.6) is 0 Å². The topological polar surface area (TPSA) is 377 Å². The summed E-state index contributed by atoms with van der Waals surface area (Å²) in [5.41, 5.74) is -0.899. The summed E-state index contributed by atoms with van der Waals surface area (Å²) in [4.78, 5) is 127. The van der Waals surface area contributed by atoms with Crippen LogP contribution in [0.15, 0.2) is 24.3 Å². The zero-order valence-electron chi connectivity index (χ0n) is 58.1. The highest BCUT2D eigenvalue weighted by Gasteiger charge is 2.24. The van der Waals surface area contributed by atoms with Crippen molar-refractivity contribution in [2.75, 3.05) is 163 Å². The van der Waals surface area contributed by atoms with Gasteiger partial charge in [-0.05, 0) is 139 Å². The summed E-state index contributed by atoms with van der Waals surface area (Å²) in [5, 5.41) is 39.6. The number of hydrogen-bond donors (Lipinski definition) is 11. The maximum atomic E-state index is 11.5. The molecule has 29 nitrogen and oxygen atoms in total. The smallest absolute Gasteiger partial charge is 0.410 e. The van der Waals surface area contributed by atoms with E-state index in [1.54, 1.807) is 108 Å². The first-order chi connectivity index (χ1) is 42.0. The van der Waals surface area contributed by atoms with E-state index in [9.17, 15) is 52.7 Å². The summed E-state index contributed by atoms with van der Waals surface area (Å²) in [7, 11) is 22.0. The molecule has 0 saturated carbocycles. The first-order valence-corrected chi connectivity index (χ1v) is 31.0. The number of alkyl carbamates (subject to hydrolysis) is 1. The van der Waals surface area contributed by atoms with Crippen LogP contribution in [0.3, 0.4) is 0 Å². The molecule has 2 rings (SSSR count). The predicted molar refractivity (Wildman–Crippen MR) is 354 cm³/mol. The Morgan fingerprint density at radius 2 is 1.04 bits per heavy atom. The van der Waals surface area contributed by atoms with Crippen LogP contribution in [0, 0.1) is 0 Å². The standard InChI is InChI=1S/C11H22N2O3S.C9H18N2O3.C9H18N2O2.C9H9NO3.C7H16N2O.C5H12N2O.C5H11NO2.C5H11NO/c1-11(2,3)16-10(15)13-8(6-7-17-5)9(14)12-4;1-9(2,3)14-8(13)11(5)6-7(12)10-4;1-10-9(12)3-2-4-11-5-7-13-8-6-11;1-10-8(11)6-4-2-3-5-7(6)9(12)13;1-8-7(10)5-4-6-9(2)3;1-6-5(8)4-7(2)3;1-6-5(8)3-2-4-7;1-3-4-5(7)6-2/h8H,6-7H2,1-5H3,(H,12,14)(H,13,15);6H2,1-5H3,(H,10,12);2-8H2,1H3,(H,10,12);2-5H,1H3,(H,10,11)(H,12,13);4-6H2,1-3H3,(H,8,10);4H2,1-3H3,(H,6,8);7H,2-4H2,1H3,(H,6,8);3-4H2,1-2H3,(H,6,7). The number of likely N-dealkylation sites (N-methyl/N-ethyl adjacent to an activating group) is 5. The van der Waals surface area contributed by atoms with Crippen molar-refractivity contribution in [1.82, 2.24) is 67.5 Å². The molecular formula is C60H117N13O16S. The van der Waals surface area contributed by atoms with E-state index in [4.69, 9.17) is 24.4 Å². The molecule has 0 spiro atoms. The van der Waals surface area contributed by atoms with Crippen LogP contribution in [-0.2, 0) is 47.8 Å². The zero-order chi connectivity index (χ0) is 70.8. The van der Waals surface area contributed by atoms with Crippen molar-refractivity contribution in [3.63, 3.8) is 0 Å². The fourth-order valence-electron chi connectivity index (χ4n) is 6.01. The van der Waals surface area contributed by atoms with Gasteiger partial charge in [0.2, 0.25) is 41.4 Å². The van der Waals surface area contributed by atoms with Gasteiger partial charge in [-0.25, -0.2) is 14.4 Å². The van der Waals surface area contributed by atoms with Gasteiger partial charge in [-0.15, -0.1) is 0 Å². The van der Waals surface area contributed by atoms with Crippen molar-refractivity contribution in [2.24, 2.45) is 0 Å². The van der Waals surface area contributed by atoms with Gasteiger partial charge >= 0.3 is 18.2 Å². The highest BCUT2D eigenvalue weighted by molar-refractivity contribution is 7.98. The first kappa shape index (κ1) is 94.3. The zero-order valence-corrected chi connectivity index (χ0v) is 58.9. The number of carboxylic acids is 1. The summed E-state index contributed by atoms with van der Waals surface area (Å²) < 4.78 is 15.4. The van der Waals surface area contributed by atoms with Crippen LogP contribution in [0.4, 0.5) is 9.59 Å². The monoisotopic (exact) mass is 1310 g/mol. The van der Waals surface area contributed by atoms with Crippen molar-refractivity contribution in [3.05, 3.63) is 35.4 Å². The van der Waals surface area contributed by atoms with E-state index < -0.39 is 41.3 Å². The Bertz CT molecular complexity index is 2140. The van der Waals surface area contributed by atoms with E-state index in [1.165, 1.54) is 38.2 Å². The van der Waals surface area contributed by atoms with Crippen molar-refractivity contribution in [2.45, 2.75) is 123 Å². The van der Waals surface area contributed by atoms with Crippen LogP contribution in [0.25, 0.3) is 0 Å². The van der Waals surface area contributed by atoms with Gasteiger partial charge < -0.3 is 87.0 Å². The van der Waals surface area contributed by atoms with Gasteiger partial charge in [0.15, 0.2) is 0 Å². The van der Waals surface area contributed by atoms with Gasteiger partial charge in [-0.3, -0.25) is 43.3 Å². The number of amides is 10. The number of hydrogen-bond acceptors (Lipinski definition) is 19. The SMILES string of the molecule is CCCC(=O)NC.CNC(=O)C(CCSC)NC(=O)OC(C)(C)C.CNC(=O)CCCN(C)C.CNC(=O)CCCN1CCOCC1.CNC(=O)CCCO.CNC(=O)CN(C)C.CNC(=O)CN(C)C(=O)OC(C)(C)C.CNC(=O)c1ccccc1C(=O)O. The number of rotatable bonds is 24. The number of aliphatic hydroxyl groups excluding tert-OH is 1. The summed E-state index contributed by atoms with van der Waals surface area (Å²) in [6.45, 7) is 18.9. The Balaban J connectivity index is -0.000000228. The van der Waals surface area contributed by atoms with Gasteiger partial charge in [0.05, 0.1) is 30.9 Å². The van der Waals surface area contributed by atoms with Gasteiger partial charge in [0.25, 0.3) is 5.91 Å². The van der Waals surface area contributed by atoms with E-state index in [1.807, 2.05) is 46.3 Å². The van der Waals surface area contributed by atoms with Gasteiger partial charge in [-0.1, -0.05) is 19.1 Å². The number of benzene rings is 1. The molecule has 0 bridgehead atoms. The molecule has 90 heavy (non-hydrogen) atoms. The third-order valence-corrected chi connectivity index (χ3v) is 11.4. The van der Waals surface area contributed by atoms with E-state index >= 15 is 0 Å². The molecule has 1 aromatic rings. The fraction of sp³-hybridized carbons (Fsp3) is 0.717. The maximum Gasteiger partial charge on any atom is 0.410 e. The molecule has 1 aromatic carbocycles. The van der Waals surface area contributed by atoms with Gasteiger partial charge in [0, 0.05) is 109 Å². The van der Waals surface area contributed by atoms with Crippen LogP contribution in [-0.4, -0.2) is 275 Å².